The van der Waals surface area contributed by atoms with E-state index in [0.717, 1.165) is 22.0 Å². The number of benzene rings is 1. The van der Waals surface area contributed by atoms with Crippen molar-refractivity contribution in [1.29, 1.82) is 0 Å². The smallest absolute Gasteiger partial charge is 0.265 e. The van der Waals surface area contributed by atoms with Gasteiger partial charge in [0.1, 0.15) is 9.88 Å². The van der Waals surface area contributed by atoms with Gasteiger partial charge in [0.2, 0.25) is 0 Å². The quantitative estimate of drug-likeness (QED) is 0.606. The first-order chi connectivity index (χ1) is 13.5. The Morgan fingerprint density at radius 3 is 2.61 bits per heavy atom. The van der Waals surface area contributed by atoms with Gasteiger partial charge in [0.05, 0.1) is 19.9 Å². The molecule has 1 amide bonds. The van der Waals surface area contributed by atoms with Gasteiger partial charge in [0.15, 0.2) is 11.5 Å². The lowest BCUT2D eigenvalue weighted by Crippen LogP contribution is -2.28. The van der Waals surface area contributed by atoms with Crippen LogP contribution in [0.5, 0.6) is 11.5 Å². The molecule has 0 saturated heterocycles. The van der Waals surface area contributed by atoms with E-state index in [1.54, 1.807) is 32.4 Å². The molecule has 1 aromatic carbocycles. The van der Waals surface area contributed by atoms with Crippen molar-refractivity contribution < 1.29 is 14.3 Å². The lowest BCUT2D eigenvalue weighted by atomic mass is 10.2. The van der Waals surface area contributed by atoms with Crippen molar-refractivity contribution in [3.63, 3.8) is 0 Å². The van der Waals surface area contributed by atoms with Crippen molar-refractivity contribution >= 4 is 17.2 Å². The Bertz CT molecular complexity index is 957. The molecule has 3 rings (SSSR count). The summed E-state index contributed by atoms with van der Waals surface area (Å²) in [4.78, 5) is 24.1. The summed E-state index contributed by atoms with van der Waals surface area (Å²) in [5.41, 5.74) is 2.58. The maximum absolute atomic E-state index is 12.9. The van der Waals surface area contributed by atoms with Crippen molar-refractivity contribution in [2.75, 3.05) is 27.8 Å². The van der Waals surface area contributed by atoms with E-state index in [9.17, 15) is 4.79 Å². The number of pyridine rings is 1. The first-order valence-corrected chi connectivity index (χ1v) is 9.70. The maximum atomic E-state index is 12.9. The van der Waals surface area contributed by atoms with Gasteiger partial charge in [-0.2, -0.15) is 0 Å². The van der Waals surface area contributed by atoms with Gasteiger partial charge in [-0.25, -0.2) is 4.98 Å². The molecular formula is C21H23N3O3S. The number of hydrogen-bond donors (Lipinski definition) is 0. The van der Waals surface area contributed by atoms with Crippen LogP contribution in [0.4, 0.5) is 0 Å². The van der Waals surface area contributed by atoms with Crippen LogP contribution >= 0.6 is 11.3 Å². The number of carbonyl (C=O) groups is 1. The van der Waals surface area contributed by atoms with Crippen LogP contribution in [0.25, 0.3) is 10.6 Å². The molecule has 0 saturated carbocycles. The average Bonchev–Trinajstić information content (AvgIpc) is 3.13. The van der Waals surface area contributed by atoms with Gasteiger partial charge >= 0.3 is 0 Å². The second kappa shape index (κ2) is 8.84. The number of nitrogens with zero attached hydrogens (tertiary/aromatic N) is 3. The molecule has 0 fully saturated rings. The molecule has 6 nitrogen and oxygen atoms in total. The SMILES string of the molecule is COc1ccc(-c2nc(C)c(C(=O)N(C)CCc3ccccn3)s2)cc1OC. The molecular weight excluding hydrogens is 374 g/mol. The third-order valence-electron chi connectivity index (χ3n) is 4.40. The zero-order valence-electron chi connectivity index (χ0n) is 16.4. The van der Waals surface area contributed by atoms with Crippen molar-refractivity contribution in [2.45, 2.75) is 13.3 Å². The van der Waals surface area contributed by atoms with Crippen molar-refractivity contribution in [3.05, 3.63) is 58.9 Å². The first-order valence-electron chi connectivity index (χ1n) is 8.88. The van der Waals surface area contributed by atoms with E-state index in [2.05, 4.69) is 9.97 Å². The van der Waals surface area contributed by atoms with Crippen LogP contribution < -0.4 is 9.47 Å². The largest absolute Gasteiger partial charge is 0.493 e. The average molecular weight is 398 g/mol. The van der Waals surface area contributed by atoms with Gasteiger partial charge in [0, 0.05) is 37.5 Å². The summed E-state index contributed by atoms with van der Waals surface area (Å²) in [6.45, 7) is 2.46. The summed E-state index contributed by atoms with van der Waals surface area (Å²) >= 11 is 1.39. The summed E-state index contributed by atoms with van der Waals surface area (Å²) in [6.07, 6.45) is 2.48. The van der Waals surface area contributed by atoms with E-state index < -0.39 is 0 Å². The highest BCUT2D eigenvalue weighted by Gasteiger charge is 2.20. The molecule has 28 heavy (non-hydrogen) atoms. The first kappa shape index (κ1) is 19.8. The van der Waals surface area contributed by atoms with E-state index in [0.29, 0.717) is 29.3 Å². The van der Waals surface area contributed by atoms with Crippen molar-refractivity contribution in [2.24, 2.45) is 0 Å². The number of carbonyl (C=O) groups excluding carboxylic acids is 1. The molecule has 146 valence electrons. The molecule has 0 N–H and O–H groups in total. The van der Waals surface area contributed by atoms with Crippen molar-refractivity contribution in [3.8, 4) is 22.1 Å². The Kier molecular flexibility index (Phi) is 6.26. The zero-order chi connectivity index (χ0) is 20.1. The number of hydrogen-bond acceptors (Lipinski definition) is 6. The van der Waals surface area contributed by atoms with Crippen LogP contribution in [0.3, 0.4) is 0 Å². The topological polar surface area (TPSA) is 64.5 Å². The summed E-state index contributed by atoms with van der Waals surface area (Å²) in [5, 5.41) is 0.778. The molecule has 0 aliphatic rings. The fraction of sp³-hybridized carbons (Fsp3) is 0.286. The predicted octanol–water partition coefficient (Wildman–Crippen LogP) is 3.85. The molecule has 7 heteroatoms. The van der Waals surface area contributed by atoms with Crippen LogP contribution in [0, 0.1) is 6.92 Å². The highest BCUT2D eigenvalue weighted by molar-refractivity contribution is 7.17. The van der Waals surface area contributed by atoms with Crippen LogP contribution in [0.15, 0.2) is 42.6 Å². The summed E-state index contributed by atoms with van der Waals surface area (Å²) in [6, 6.07) is 11.4. The number of methoxy groups -OCH3 is 2. The number of rotatable bonds is 7. The zero-order valence-corrected chi connectivity index (χ0v) is 17.2. The molecule has 0 aliphatic heterocycles. The van der Waals surface area contributed by atoms with E-state index in [-0.39, 0.29) is 5.91 Å². The van der Waals surface area contributed by atoms with Gasteiger partial charge in [-0.05, 0) is 37.3 Å². The number of ether oxygens (including phenoxy) is 2. The predicted molar refractivity (Wildman–Crippen MR) is 110 cm³/mol. The molecule has 0 bridgehead atoms. The monoisotopic (exact) mass is 397 g/mol. The van der Waals surface area contributed by atoms with Gasteiger partial charge in [-0.15, -0.1) is 11.3 Å². The summed E-state index contributed by atoms with van der Waals surface area (Å²) in [5.74, 6) is 1.26. The minimum absolute atomic E-state index is 0.0299. The second-order valence-corrected chi connectivity index (χ2v) is 7.30. The standard InChI is InChI=1S/C21H23N3O3S/c1-14-19(21(25)24(2)12-10-16-7-5-6-11-22-16)28-20(23-14)15-8-9-17(26-3)18(13-15)27-4/h5-9,11,13H,10,12H2,1-4H3. The Balaban J connectivity index is 1.76. The fourth-order valence-corrected chi connectivity index (χ4v) is 3.85. The van der Waals surface area contributed by atoms with Crippen LogP contribution in [-0.4, -0.2) is 48.6 Å². The Labute approximate surface area is 168 Å². The number of thiazole rings is 1. The van der Waals surface area contributed by atoms with Crippen LogP contribution in [0.1, 0.15) is 21.1 Å². The Morgan fingerprint density at radius 2 is 1.93 bits per heavy atom. The Hall–Kier alpha value is -2.93. The molecule has 2 heterocycles. The number of aromatic nitrogens is 2. The highest BCUT2D eigenvalue weighted by atomic mass is 32.1. The van der Waals surface area contributed by atoms with Crippen LogP contribution in [-0.2, 0) is 6.42 Å². The number of likely N-dealkylation sites (N-methyl/N-ethyl adjacent to an activating group) is 1. The highest BCUT2D eigenvalue weighted by Crippen LogP contribution is 2.35. The Morgan fingerprint density at radius 1 is 1.14 bits per heavy atom. The number of aryl methyl sites for hydroxylation is 1. The van der Waals surface area contributed by atoms with Crippen LogP contribution in [0.2, 0.25) is 0 Å². The van der Waals surface area contributed by atoms with Gasteiger partial charge in [0.25, 0.3) is 5.91 Å². The molecule has 0 atom stereocenters. The van der Waals surface area contributed by atoms with Gasteiger partial charge in [-0.3, -0.25) is 9.78 Å². The second-order valence-electron chi connectivity index (χ2n) is 6.30. The lowest BCUT2D eigenvalue weighted by Gasteiger charge is -2.16. The third-order valence-corrected chi connectivity index (χ3v) is 5.59. The van der Waals surface area contributed by atoms with Gasteiger partial charge in [-0.1, -0.05) is 6.07 Å². The summed E-state index contributed by atoms with van der Waals surface area (Å²) in [7, 11) is 5.00. The van der Waals surface area contributed by atoms with E-state index in [1.807, 2.05) is 43.3 Å². The minimum Gasteiger partial charge on any atom is -0.493 e. The number of amides is 1. The maximum Gasteiger partial charge on any atom is 0.265 e. The molecule has 2 aromatic heterocycles. The molecule has 0 spiro atoms. The lowest BCUT2D eigenvalue weighted by molar-refractivity contribution is 0.0800. The third kappa shape index (κ3) is 4.31. The molecule has 0 aliphatic carbocycles. The molecule has 0 unspecified atom stereocenters. The van der Waals surface area contributed by atoms with E-state index in [1.165, 1.54) is 11.3 Å². The fourth-order valence-electron chi connectivity index (χ4n) is 2.79. The van der Waals surface area contributed by atoms with E-state index >= 15 is 0 Å². The van der Waals surface area contributed by atoms with Gasteiger partial charge < -0.3 is 14.4 Å². The molecule has 0 radical (unpaired) electrons. The van der Waals surface area contributed by atoms with E-state index in [4.69, 9.17) is 9.47 Å². The summed E-state index contributed by atoms with van der Waals surface area (Å²) < 4.78 is 10.6. The minimum atomic E-state index is -0.0299. The normalized spacial score (nSPS) is 10.6. The molecule has 3 aromatic rings. The van der Waals surface area contributed by atoms with Crippen molar-refractivity contribution in [1.82, 2.24) is 14.9 Å².